The third kappa shape index (κ3) is 5.27. The van der Waals surface area contributed by atoms with E-state index in [9.17, 15) is 13.2 Å². The Morgan fingerprint density at radius 2 is 1.77 bits per heavy atom. The number of hydrogen-bond acceptors (Lipinski definition) is 4. The number of carbonyl (C=O) groups is 1. The van der Waals surface area contributed by atoms with Crippen molar-refractivity contribution in [3.05, 3.63) is 0 Å². The molecule has 0 aromatic heterocycles. The molecule has 0 heterocycles. The van der Waals surface area contributed by atoms with Crippen LogP contribution in [0.3, 0.4) is 0 Å². The summed E-state index contributed by atoms with van der Waals surface area (Å²) in [5.74, 6) is -0.769. The van der Waals surface area contributed by atoms with Gasteiger partial charge in [0.2, 0.25) is 17.4 Å². The van der Waals surface area contributed by atoms with Gasteiger partial charge in [-0.2, -0.15) is 0 Å². The van der Waals surface area contributed by atoms with Crippen LogP contribution in [0.1, 0.15) is 6.92 Å². The molecule has 0 aromatic carbocycles. The Kier molecular flexibility index (Phi) is 3.95. The first-order valence-electron chi connectivity index (χ1n) is 3.70. The van der Waals surface area contributed by atoms with Crippen LogP contribution in [0.2, 0.25) is 19.6 Å². The van der Waals surface area contributed by atoms with Crippen molar-refractivity contribution in [3.8, 4) is 0 Å². The van der Waals surface area contributed by atoms with E-state index < -0.39 is 28.6 Å². The fourth-order valence-corrected chi connectivity index (χ4v) is 1.86. The van der Waals surface area contributed by atoms with Gasteiger partial charge in [0.1, 0.15) is 0 Å². The first kappa shape index (κ1) is 12.9. The van der Waals surface area contributed by atoms with Gasteiger partial charge in [0, 0.05) is 10.7 Å². The molecule has 0 saturated carbocycles. The standard InChI is InChI=1S/C6H13ClO4SSi/c1-5(12(7,9)10)6(8)11-13(2,3)4/h5H,1-4H3. The van der Waals surface area contributed by atoms with E-state index in [4.69, 9.17) is 15.1 Å². The largest absolute Gasteiger partial charge is 0.519 e. The van der Waals surface area contributed by atoms with Gasteiger partial charge in [0.25, 0.3) is 0 Å². The average Bonchev–Trinajstić information content (AvgIpc) is 1.79. The Bertz CT molecular complexity index is 292. The molecule has 0 rings (SSSR count). The molecule has 0 amide bonds. The van der Waals surface area contributed by atoms with Crippen molar-refractivity contribution in [2.75, 3.05) is 0 Å². The second-order valence-corrected chi connectivity index (χ2v) is 11.0. The normalized spacial score (nSPS) is 15.2. The van der Waals surface area contributed by atoms with E-state index in [1.54, 1.807) is 19.6 Å². The van der Waals surface area contributed by atoms with Crippen LogP contribution in [0.15, 0.2) is 0 Å². The number of hydrogen-bond donors (Lipinski definition) is 0. The fourth-order valence-electron chi connectivity index (χ4n) is 0.500. The van der Waals surface area contributed by atoms with Crippen LogP contribution in [0, 0.1) is 0 Å². The molecular weight excluding hydrogens is 232 g/mol. The molecular formula is C6H13ClO4SSi. The molecule has 0 saturated heterocycles. The van der Waals surface area contributed by atoms with Crippen LogP contribution < -0.4 is 0 Å². The van der Waals surface area contributed by atoms with E-state index in [-0.39, 0.29) is 0 Å². The third-order valence-electron chi connectivity index (χ3n) is 1.16. The molecule has 0 radical (unpaired) electrons. The van der Waals surface area contributed by atoms with Gasteiger partial charge in [-0.15, -0.1) is 0 Å². The highest BCUT2D eigenvalue weighted by molar-refractivity contribution is 8.14. The molecule has 78 valence electrons. The van der Waals surface area contributed by atoms with Gasteiger partial charge >= 0.3 is 5.97 Å². The lowest BCUT2D eigenvalue weighted by molar-refractivity contribution is -0.134. The molecule has 0 aliphatic carbocycles. The number of halogens is 1. The predicted octanol–water partition coefficient (Wildman–Crippen LogP) is 1.32. The molecule has 7 heteroatoms. The van der Waals surface area contributed by atoms with E-state index in [2.05, 4.69) is 0 Å². The molecule has 0 aliphatic heterocycles. The highest BCUT2D eigenvalue weighted by Crippen LogP contribution is 2.12. The van der Waals surface area contributed by atoms with E-state index >= 15 is 0 Å². The van der Waals surface area contributed by atoms with Gasteiger partial charge in [-0.3, -0.25) is 4.79 Å². The minimum Gasteiger partial charge on any atom is -0.519 e. The van der Waals surface area contributed by atoms with Crippen LogP contribution in [-0.2, 0) is 18.3 Å². The Hall–Kier alpha value is -0.0731. The smallest absolute Gasteiger partial charge is 0.312 e. The van der Waals surface area contributed by atoms with Crippen LogP contribution in [0.4, 0.5) is 0 Å². The molecule has 0 spiro atoms. The SMILES string of the molecule is CC(C(=O)O[Si](C)(C)C)S(=O)(=O)Cl. The minimum atomic E-state index is -3.85. The Labute approximate surface area is 83.8 Å². The summed E-state index contributed by atoms with van der Waals surface area (Å²) >= 11 is 0. The zero-order valence-corrected chi connectivity index (χ0v) is 10.6. The summed E-state index contributed by atoms with van der Waals surface area (Å²) in [6, 6.07) is 0. The first-order valence-corrected chi connectivity index (χ1v) is 9.48. The monoisotopic (exact) mass is 244 g/mol. The second kappa shape index (κ2) is 3.98. The molecule has 0 aromatic rings. The molecule has 0 aliphatic rings. The first-order chi connectivity index (χ1) is 5.54. The second-order valence-electron chi connectivity index (χ2n) is 3.65. The summed E-state index contributed by atoms with van der Waals surface area (Å²) in [7, 11) is -0.895. The predicted molar refractivity (Wildman–Crippen MR) is 53.7 cm³/mol. The lowest BCUT2D eigenvalue weighted by atomic mass is 10.5. The molecule has 4 nitrogen and oxygen atoms in total. The van der Waals surface area contributed by atoms with Crippen molar-refractivity contribution in [1.82, 2.24) is 0 Å². The van der Waals surface area contributed by atoms with Crippen molar-refractivity contribution in [2.24, 2.45) is 0 Å². The lowest BCUT2D eigenvalue weighted by Gasteiger charge is -2.19. The minimum absolute atomic E-state index is 0.769. The number of carbonyl (C=O) groups excluding carboxylic acids is 1. The van der Waals surface area contributed by atoms with Gasteiger partial charge in [0.05, 0.1) is 0 Å². The van der Waals surface area contributed by atoms with Gasteiger partial charge in [0.15, 0.2) is 5.25 Å². The Morgan fingerprint density at radius 1 is 1.38 bits per heavy atom. The zero-order chi connectivity index (χ0) is 10.9. The number of rotatable bonds is 3. The highest BCUT2D eigenvalue weighted by Gasteiger charge is 2.31. The summed E-state index contributed by atoms with van der Waals surface area (Å²) in [4.78, 5) is 11.2. The van der Waals surface area contributed by atoms with Crippen LogP contribution in [0.5, 0.6) is 0 Å². The summed E-state index contributed by atoms with van der Waals surface area (Å²) in [6.45, 7) is 6.58. The van der Waals surface area contributed by atoms with E-state index in [0.29, 0.717) is 0 Å². The molecule has 1 atom stereocenters. The molecule has 1 unspecified atom stereocenters. The fraction of sp³-hybridized carbons (Fsp3) is 0.833. The van der Waals surface area contributed by atoms with Gasteiger partial charge in [-0.05, 0) is 26.6 Å². The van der Waals surface area contributed by atoms with Crippen molar-refractivity contribution in [1.29, 1.82) is 0 Å². The van der Waals surface area contributed by atoms with Crippen LogP contribution in [-0.4, -0.2) is 28.0 Å². The topological polar surface area (TPSA) is 60.4 Å². The molecule has 0 N–H and O–H groups in total. The van der Waals surface area contributed by atoms with E-state index in [1.165, 1.54) is 6.92 Å². The summed E-state index contributed by atoms with van der Waals surface area (Å²) in [5.41, 5.74) is 0. The van der Waals surface area contributed by atoms with Gasteiger partial charge < -0.3 is 4.43 Å². The zero-order valence-electron chi connectivity index (χ0n) is 8.00. The highest BCUT2D eigenvalue weighted by atomic mass is 35.7. The van der Waals surface area contributed by atoms with Crippen LogP contribution in [0.25, 0.3) is 0 Å². The van der Waals surface area contributed by atoms with Crippen molar-refractivity contribution >= 4 is 34.0 Å². The van der Waals surface area contributed by atoms with Gasteiger partial charge in [-0.25, -0.2) is 8.42 Å². The van der Waals surface area contributed by atoms with Crippen molar-refractivity contribution < 1.29 is 17.6 Å². The van der Waals surface area contributed by atoms with E-state index in [1.807, 2.05) is 0 Å². The average molecular weight is 245 g/mol. The van der Waals surface area contributed by atoms with Gasteiger partial charge in [-0.1, -0.05) is 0 Å². The maximum atomic E-state index is 11.2. The summed E-state index contributed by atoms with van der Waals surface area (Å²) in [6.07, 6.45) is 0. The maximum Gasteiger partial charge on any atom is 0.312 e. The quantitative estimate of drug-likeness (QED) is 0.555. The maximum absolute atomic E-state index is 11.2. The third-order valence-corrected chi connectivity index (χ3v) is 3.81. The molecule has 0 bridgehead atoms. The van der Waals surface area contributed by atoms with Crippen LogP contribution >= 0.6 is 10.7 Å². The summed E-state index contributed by atoms with van der Waals surface area (Å²) < 4.78 is 26.4. The van der Waals surface area contributed by atoms with Crippen molar-refractivity contribution in [3.63, 3.8) is 0 Å². The summed E-state index contributed by atoms with van der Waals surface area (Å²) in [5, 5.41) is -1.29. The molecule has 0 fully saturated rings. The Morgan fingerprint density at radius 3 is 2.00 bits per heavy atom. The van der Waals surface area contributed by atoms with E-state index in [0.717, 1.165) is 0 Å². The van der Waals surface area contributed by atoms with Crippen molar-refractivity contribution in [2.45, 2.75) is 31.8 Å². The Balaban J connectivity index is 4.48. The lowest BCUT2D eigenvalue weighted by Crippen LogP contribution is -2.36. The molecule has 13 heavy (non-hydrogen) atoms.